The lowest BCUT2D eigenvalue weighted by Crippen LogP contribution is -2.14. The van der Waals surface area contributed by atoms with E-state index in [9.17, 15) is 9.59 Å². The second-order valence-electron chi connectivity index (χ2n) is 5.52. The largest absolute Gasteiger partial charge is 0.477 e. The fourth-order valence-corrected chi connectivity index (χ4v) is 2.51. The van der Waals surface area contributed by atoms with Crippen LogP contribution in [0, 0.1) is 0 Å². The molecule has 0 spiro atoms. The van der Waals surface area contributed by atoms with Gasteiger partial charge in [-0.2, -0.15) is 0 Å². The highest BCUT2D eigenvalue weighted by molar-refractivity contribution is 6.10. The standard InChI is InChI=1S/C21H18N2O3/c1-2-26-21-18(12-7-13-22-21)20(25)23-17-11-6-10-16(14-17)19(24)15-8-4-3-5-9-15/h3-14H,2H2,1H3,(H,23,25). The summed E-state index contributed by atoms with van der Waals surface area (Å²) in [6.07, 6.45) is 1.57. The van der Waals surface area contributed by atoms with Gasteiger partial charge in [0.2, 0.25) is 5.88 Å². The van der Waals surface area contributed by atoms with Gasteiger partial charge in [0.1, 0.15) is 5.56 Å². The summed E-state index contributed by atoms with van der Waals surface area (Å²) < 4.78 is 5.39. The van der Waals surface area contributed by atoms with E-state index < -0.39 is 0 Å². The van der Waals surface area contributed by atoms with Crippen LogP contribution in [0.2, 0.25) is 0 Å². The lowest BCUT2D eigenvalue weighted by Gasteiger charge is -2.10. The van der Waals surface area contributed by atoms with E-state index in [1.807, 2.05) is 25.1 Å². The van der Waals surface area contributed by atoms with Gasteiger partial charge in [0, 0.05) is 23.0 Å². The molecule has 1 aromatic heterocycles. The van der Waals surface area contributed by atoms with Crippen molar-refractivity contribution in [3.63, 3.8) is 0 Å². The Morgan fingerprint density at radius 3 is 2.50 bits per heavy atom. The summed E-state index contributed by atoms with van der Waals surface area (Å²) in [7, 11) is 0. The van der Waals surface area contributed by atoms with Crippen LogP contribution in [0.1, 0.15) is 33.2 Å². The SMILES string of the molecule is CCOc1ncccc1C(=O)Nc1cccc(C(=O)c2ccccc2)c1. The van der Waals surface area contributed by atoms with Crippen LogP contribution < -0.4 is 10.1 Å². The van der Waals surface area contributed by atoms with Crippen molar-refractivity contribution in [1.82, 2.24) is 4.98 Å². The molecule has 0 atom stereocenters. The highest BCUT2D eigenvalue weighted by Gasteiger charge is 2.15. The molecule has 1 amide bonds. The first-order valence-electron chi connectivity index (χ1n) is 8.28. The summed E-state index contributed by atoms with van der Waals surface area (Å²) in [5, 5.41) is 2.79. The Kier molecular flexibility index (Phi) is 5.39. The van der Waals surface area contributed by atoms with Gasteiger partial charge in [-0.15, -0.1) is 0 Å². The van der Waals surface area contributed by atoms with Crippen LogP contribution in [-0.4, -0.2) is 23.3 Å². The molecule has 0 aliphatic carbocycles. The second kappa shape index (κ2) is 8.07. The van der Waals surface area contributed by atoms with Gasteiger partial charge in [-0.1, -0.05) is 42.5 Å². The molecule has 0 saturated carbocycles. The number of ether oxygens (including phenoxy) is 1. The van der Waals surface area contributed by atoms with Crippen molar-refractivity contribution in [3.8, 4) is 5.88 Å². The molecular formula is C21H18N2O3. The van der Waals surface area contributed by atoms with Gasteiger partial charge in [0.25, 0.3) is 5.91 Å². The van der Waals surface area contributed by atoms with E-state index in [-0.39, 0.29) is 17.6 Å². The molecule has 130 valence electrons. The molecule has 3 rings (SSSR count). The first-order valence-corrected chi connectivity index (χ1v) is 8.28. The average molecular weight is 346 g/mol. The van der Waals surface area contributed by atoms with E-state index in [1.165, 1.54) is 0 Å². The predicted octanol–water partition coefficient (Wildman–Crippen LogP) is 3.96. The third-order valence-electron chi connectivity index (χ3n) is 3.72. The maximum Gasteiger partial charge on any atom is 0.261 e. The van der Waals surface area contributed by atoms with Crippen LogP contribution in [0.3, 0.4) is 0 Å². The number of rotatable bonds is 6. The van der Waals surface area contributed by atoms with Crippen LogP contribution in [0.15, 0.2) is 72.9 Å². The molecule has 1 heterocycles. The highest BCUT2D eigenvalue weighted by Crippen LogP contribution is 2.19. The fraction of sp³-hybridized carbons (Fsp3) is 0.0952. The van der Waals surface area contributed by atoms with Gasteiger partial charge in [-0.3, -0.25) is 9.59 Å². The molecule has 1 N–H and O–H groups in total. The fourth-order valence-electron chi connectivity index (χ4n) is 2.51. The number of hydrogen-bond acceptors (Lipinski definition) is 4. The summed E-state index contributed by atoms with van der Waals surface area (Å²) in [5.41, 5.74) is 1.98. The zero-order valence-corrected chi connectivity index (χ0v) is 14.3. The summed E-state index contributed by atoms with van der Waals surface area (Å²) >= 11 is 0. The Labute approximate surface area is 151 Å². The van der Waals surface area contributed by atoms with Crippen molar-refractivity contribution in [3.05, 3.63) is 89.6 Å². The Morgan fingerprint density at radius 1 is 0.962 bits per heavy atom. The summed E-state index contributed by atoms with van der Waals surface area (Å²) in [4.78, 5) is 29.2. The van der Waals surface area contributed by atoms with Crippen LogP contribution >= 0.6 is 0 Å². The van der Waals surface area contributed by atoms with Crippen LogP contribution in [0.5, 0.6) is 5.88 Å². The smallest absolute Gasteiger partial charge is 0.261 e. The van der Waals surface area contributed by atoms with Crippen molar-refractivity contribution in [2.24, 2.45) is 0 Å². The molecule has 0 aliphatic rings. The third-order valence-corrected chi connectivity index (χ3v) is 3.72. The summed E-state index contributed by atoms with van der Waals surface area (Å²) in [6, 6.07) is 19.2. The van der Waals surface area contributed by atoms with Gasteiger partial charge in [-0.05, 0) is 31.2 Å². The number of amides is 1. The molecule has 0 saturated heterocycles. The topological polar surface area (TPSA) is 68.3 Å². The van der Waals surface area contributed by atoms with Crippen LogP contribution in [0.4, 0.5) is 5.69 Å². The molecule has 2 aromatic carbocycles. The maximum atomic E-state index is 12.6. The molecule has 0 aliphatic heterocycles. The van der Waals surface area contributed by atoms with Gasteiger partial charge >= 0.3 is 0 Å². The third kappa shape index (κ3) is 3.95. The quantitative estimate of drug-likeness (QED) is 0.686. The summed E-state index contributed by atoms with van der Waals surface area (Å²) in [6.45, 7) is 2.24. The van der Waals surface area contributed by atoms with E-state index in [2.05, 4.69) is 10.3 Å². The van der Waals surface area contributed by atoms with Gasteiger partial charge in [0.15, 0.2) is 5.78 Å². The molecule has 26 heavy (non-hydrogen) atoms. The first kappa shape index (κ1) is 17.4. The molecule has 3 aromatic rings. The number of nitrogens with zero attached hydrogens (tertiary/aromatic N) is 1. The molecule has 5 nitrogen and oxygen atoms in total. The minimum absolute atomic E-state index is 0.0990. The highest BCUT2D eigenvalue weighted by atomic mass is 16.5. The zero-order valence-electron chi connectivity index (χ0n) is 14.3. The van der Waals surface area contributed by atoms with E-state index in [1.54, 1.807) is 54.7 Å². The minimum Gasteiger partial charge on any atom is -0.477 e. The maximum absolute atomic E-state index is 12.6. The van der Waals surface area contributed by atoms with Crippen molar-refractivity contribution in [1.29, 1.82) is 0 Å². The normalized spacial score (nSPS) is 10.2. The number of carbonyl (C=O) groups is 2. The molecular weight excluding hydrogens is 328 g/mol. The monoisotopic (exact) mass is 346 g/mol. The molecule has 0 bridgehead atoms. The number of ketones is 1. The Bertz CT molecular complexity index is 923. The Morgan fingerprint density at radius 2 is 1.73 bits per heavy atom. The van der Waals surface area contributed by atoms with Crippen LogP contribution in [0.25, 0.3) is 0 Å². The van der Waals surface area contributed by atoms with Crippen molar-refractivity contribution in [2.75, 3.05) is 11.9 Å². The molecule has 0 radical (unpaired) electrons. The first-order chi connectivity index (χ1) is 12.7. The predicted molar refractivity (Wildman–Crippen MR) is 99.7 cm³/mol. The molecule has 5 heteroatoms. The number of anilines is 1. The lowest BCUT2D eigenvalue weighted by molar-refractivity contribution is 0.101. The number of carbonyl (C=O) groups excluding carboxylic acids is 2. The van der Waals surface area contributed by atoms with E-state index in [0.717, 1.165) is 0 Å². The van der Waals surface area contributed by atoms with Crippen molar-refractivity contribution >= 4 is 17.4 Å². The number of hydrogen-bond donors (Lipinski definition) is 1. The average Bonchev–Trinajstić information content (AvgIpc) is 2.69. The van der Waals surface area contributed by atoms with E-state index in [4.69, 9.17) is 4.74 Å². The van der Waals surface area contributed by atoms with Crippen LogP contribution in [-0.2, 0) is 0 Å². The van der Waals surface area contributed by atoms with E-state index >= 15 is 0 Å². The van der Waals surface area contributed by atoms with Crippen molar-refractivity contribution < 1.29 is 14.3 Å². The lowest BCUT2D eigenvalue weighted by atomic mass is 10.0. The number of benzene rings is 2. The molecule has 0 unspecified atom stereocenters. The van der Waals surface area contributed by atoms with E-state index in [0.29, 0.717) is 29.0 Å². The summed E-state index contributed by atoms with van der Waals surface area (Å²) in [5.74, 6) is -0.159. The van der Waals surface area contributed by atoms with Crippen molar-refractivity contribution in [2.45, 2.75) is 6.92 Å². The second-order valence-corrected chi connectivity index (χ2v) is 5.52. The van der Waals surface area contributed by atoms with Gasteiger partial charge < -0.3 is 10.1 Å². The number of nitrogens with one attached hydrogen (secondary N) is 1. The number of aromatic nitrogens is 1. The van der Waals surface area contributed by atoms with Gasteiger partial charge in [-0.25, -0.2) is 4.98 Å². The minimum atomic E-state index is -0.342. The molecule has 0 fully saturated rings. The Hall–Kier alpha value is -3.47. The number of pyridine rings is 1. The Balaban J connectivity index is 1.81. The van der Waals surface area contributed by atoms with Gasteiger partial charge in [0.05, 0.1) is 6.61 Å². The zero-order chi connectivity index (χ0) is 18.4.